The Hall–Kier alpha value is -7.88. The molecule has 0 unspecified atom stereocenters. The van der Waals surface area contributed by atoms with E-state index in [4.69, 9.17) is 8.83 Å². The molecule has 12 rings (SSSR count). The van der Waals surface area contributed by atoms with E-state index in [0.29, 0.717) is 0 Å². The molecule has 276 valence electrons. The minimum Gasteiger partial charge on any atom is -0.456 e. The molecule has 0 bridgehead atoms. The molecule has 0 fully saturated rings. The minimum atomic E-state index is 0.889. The van der Waals surface area contributed by atoms with Gasteiger partial charge in [-0.1, -0.05) is 146 Å². The maximum absolute atomic E-state index is 6.49. The Kier molecular flexibility index (Phi) is 7.54. The van der Waals surface area contributed by atoms with E-state index in [0.717, 1.165) is 94.3 Å². The molecule has 2 aromatic heterocycles. The summed E-state index contributed by atoms with van der Waals surface area (Å²) in [6.07, 6.45) is 0. The maximum Gasteiger partial charge on any atom is 0.143 e. The van der Waals surface area contributed by atoms with Crippen molar-refractivity contribution in [3.63, 3.8) is 0 Å². The molecule has 0 aliphatic heterocycles. The van der Waals surface area contributed by atoms with Gasteiger partial charge in [-0.2, -0.15) is 0 Å². The quantitative estimate of drug-likeness (QED) is 0.158. The number of para-hydroxylation sites is 2. The Morgan fingerprint density at radius 2 is 0.847 bits per heavy atom. The number of nitrogens with zero attached hydrogens (tertiary/aromatic N) is 1. The van der Waals surface area contributed by atoms with E-state index < -0.39 is 0 Å². The van der Waals surface area contributed by atoms with Crippen molar-refractivity contribution in [2.75, 3.05) is 4.90 Å². The van der Waals surface area contributed by atoms with Gasteiger partial charge in [-0.15, -0.1) is 0 Å². The highest BCUT2D eigenvalue weighted by Crippen LogP contribution is 2.41. The van der Waals surface area contributed by atoms with E-state index in [-0.39, 0.29) is 0 Å². The Morgan fingerprint density at radius 3 is 1.64 bits per heavy atom. The topological polar surface area (TPSA) is 29.5 Å². The molecule has 3 nitrogen and oxygen atoms in total. The predicted octanol–water partition coefficient (Wildman–Crippen LogP) is 16.3. The molecule has 0 aliphatic carbocycles. The lowest BCUT2D eigenvalue weighted by molar-refractivity contribution is 0.669. The number of hydrogen-bond acceptors (Lipinski definition) is 3. The van der Waals surface area contributed by atoms with E-state index in [1.54, 1.807) is 0 Å². The molecule has 3 heteroatoms. The summed E-state index contributed by atoms with van der Waals surface area (Å²) < 4.78 is 12.7. The van der Waals surface area contributed by atoms with Gasteiger partial charge in [-0.05, 0) is 116 Å². The summed E-state index contributed by atoms with van der Waals surface area (Å²) in [4.78, 5) is 2.36. The highest BCUT2D eigenvalue weighted by molar-refractivity contribution is 6.11. The first-order valence-corrected chi connectivity index (χ1v) is 20.1. The summed E-state index contributed by atoms with van der Waals surface area (Å²) in [5.41, 5.74) is 13.7. The van der Waals surface area contributed by atoms with Crippen LogP contribution < -0.4 is 4.90 Å². The van der Waals surface area contributed by atoms with Crippen LogP contribution >= 0.6 is 0 Å². The summed E-state index contributed by atoms with van der Waals surface area (Å²) in [5.74, 6) is 0. The van der Waals surface area contributed by atoms with Crippen molar-refractivity contribution in [1.82, 2.24) is 0 Å². The zero-order chi connectivity index (χ0) is 38.9. The second kappa shape index (κ2) is 13.4. The average Bonchev–Trinajstić information content (AvgIpc) is 3.88. The number of fused-ring (bicyclic) bond motifs is 9. The first-order chi connectivity index (χ1) is 29.2. The first kappa shape index (κ1) is 33.3. The molecule has 12 aromatic rings. The SMILES string of the molecule is c1ccc(-c2cccc3c2oc2ccc(-c4ccc(N(c5ccc(-c6ccc7c(c6)oc6ccccc67)cc5)c5ccc6ccc7ccccc7c6c5)cc4)cc23)cc1. The smallest absolute Gasteiger partial charge is 0.143 e. The largest absolute Gasteiger partial charge is 0.456 e. The molecule has 0 radical (unpaired) electrons. The van der Waals surface area contributed by atoms with Gasteiger partial charge in [0.25, 0.3) is 0 Å². The van der Waals surface area contributed by atoms with Gasteiger partial charge in [0.2, 0.25) is 0 Å². The third kappa shape index (κ3) is 5.59. The van der Waals surface area contributed by atoms with Crippen molar-refractivity contribution in [3.8, 4) is 33.4 Å². The van der Waals surface area contributed by atoms with Crippen molar-refractivity contribution in [1.29, 1.82) is 0 Å². The fourth-order valence-corrected chi connectivity index (χ4v) is 8.91. The standard InChI is InChI=1S/C56H35NO2/c1-2-9-38(10-3-1)47-14-8-15-50-52-33-41(25-32-54(52)59-56(47)50)36-19-26-43(27-20-36)57(45-30-23-40-18-17-39-11-4-5-12-46(39)51(40)35-45)44-28-21-37(22-29-44)42-24-31-49-48-13-6-7-16-53(48)58-55(49)34-42/h1-35H. The van der Waals surface area contributed by atoms with Crippen molar-refractivity contribution in [2.24, 2.45) is 0 Å². The lowest BCUT2D eigenvalue weighted by Gasteiger charge is -2.26. The Bertz CT molecular complexity index is 3540. The second-order valence-corrected chi connectivity index (χ2v) is 15.3. The molecule has 0 aliphatic rings. The number of benzene rings is 10. The second-order valence-electron chi connectivity index (χ2n) is 15.3. The van der Waals surface area contributed by atoms with E-state index in [9.17, 15) is 0 Å². The summed E-state index contributed by atoms with van der Waals surface area (Å²) in [6.45, 7) is 0. The summed E-state index contributed by atoms with van der Waals surface area (Å²) in [7, 11) is 0. The van der Waals surface area contributed by atoms with Gasteiger partial charge in [0, 0.05) is 44.2 Å². The molecule has 0 saturated heterocycles. The van der Waals surface area contributed by atoms with Gasteiger partial charge >= 0.3 is 0 Å². The Morgan fingerprint density at radius 1 is 0.271 bits per heavy atom. The van der Waals surface area contributed by atoms with Crippen LogP contribution in [0.1, 0.15) is 0 Å². The van der Waals surface area contributed by atoms with Crippen LogP contribution in [0, 0.1) is 0 Å². The van der Waals surface area contributed by atoms with Crippen molar-refractivity contribution in [2.45, 2.75) is 0 Å². The third-order valence-electron chi connectivity index (χ3n) is 11.9. The highest BCUT2D eigenvalue weighted by Gasteiger charge is 2.17. The van der Waals surface area contributed by atoms with Crippen LogP contribution in [-0.4, -0.2) is 0 Å². The van der Waals surface area contributed by atoms with Crippen LogP contribution in [0.2, 0.25) is 0 Å². The molecule has 0 amide bonds. The monoisotopic (exact) mass is 753 g/mol. The lowest BCUT2D eigenvalue weighted by Crippen LogP contribution is -2.09. The number of hydrogen-bond donors (Lipinski definition) is 0. The van der Waals surface area contributed by atoms with Crippen molar-refractivity contribution in [3.05, 3.63) is 212 Å². The minimum absolute atomic E-state index is 0.889. The zero-order valence-electron chi connectivity index (χ0n) is 32.0. The van der Waals surface area contributed by atoms with E-state index in [2.05, 4.69) is 199 Å². The molecular formula is C56H35NO2. The summed E-state index contributed by atoms with van der Waals surface area (Å²) >= 11 is 0. The fraction of sp³-hybridized carbons (Fsp3) is 0. The fourth-order valence-electron chi connectivity index (χ4n) is 8.91. The molecule has 10 aromatic carbocycles. The van der Waals surface area contributed by atoms with Crippen molar-refractivity contribution < 1.29 is 8.83 Å². The molecule has 0 saturated carbocycles. The molecule has 59 heavy (non-hydrogen) atoms. The van der Waals surface area contributed by atoms with Crippen LogP contribution in [0.15, 0.2) is 221 Å². The molecule has 0 spiro atoms. The Labute approximate surface area is 340 Å². The molecule has 2 heterocycles. The van der Waals surface area contributed by atoms with E-state index >= 15 is 0 Å². The number of rotatable bonds is 6. The van der Waals surface area contributed by atoms with Crippen LogP contribution in [0.3, 0.4) is 0 Å². The van der Waals surface area contributed by atoms with Crippen LogP contribution in [-0.2, 0) is 0 Å². The lowest BCUT2D eigenvalue weighted by atomic mass is 9.99. The van der Waals surface area contributed by atoms with Gasteiger partial charge in [0.1, 0.15) is 22.3 Å². The van der Waals surface area contributed by atoms with Gasteiger partial charge in [-0.25, -0.2) is 0 Å². The first-order valence-electron chi connectivity index (χ1n) is 20.1. The van der Waals surface area contributed by atoms with E-state index in [1.807, 2.05) is 18.2 Å². The normalized spacial score (nSPS) is 11.7. The van der Waals surface area contributed by atoms with Gasteiger partial charge in [-0.3, -0.25) is 0 Å². The number of furan rings is 2. The highest BCUT2D eigenvalue weighted by atomic mass is 16.3. The molecule has 0 N–H and O–H groups in total. The number of anilines is 3. The van der Waals surface area contributed by atoms with Crippen molar-refractivity contribution >= 4 is 82.5 Å². The van der Waals surface area contributed by atoms with E-state index in [1.165, 1.54) is 21.5 Å². The predicted molar refractivity (Wildman–Crippen MR) is 247 cm³/mol. The van der Waals surface area contributed by atoms with Crippen LogP contribution in [0.25, 0.3) is 98.8 Å². The van der Waals surface area contributed by atoms with Gasteiger partial charge in [0.05, 0.1) is 0 Å². The molecule has 0 atom stereocenters. The zero-order valence-corrected chi connectivity index (χ0v) is 32.0. The third-order valence-corrected chi connectivity index (χ3v) is 11.9. The van der Waals surface area contributed by atoms with Gasteiger partial charge in [0.15, 0.2) is 0 Å². The van der Waals surface area contributed by atoms with Gasteiger partial charge < -0.3 is 13.7 Å². The van der Waals surface area contributed by atoms with Crippen LogP contribution in [0.5, 0.6) is 0 Å². The molecular weight excluding hydrogens is 719 g/mol. The Balaban J connectivity index is 0.943. The van der Waals surface area contributed by atoms with Crippen LogP contribution in [0.4, 0.5) is 17.1 Å². The summed E-state index contributed by atoms with van der Waals surface area (Å²) in [5, 5.41) is 9.44. The summed E-state index contributed by atoms with van der Waals surface area (Å²) in [6, 6.07) is 75.8. The maximum atomic E-state index is 6.49. The average molecular weight is 754 g/mol.